The number of rotatable bonds is 3. The molecule has 2 nitrogen and oxygen atoms in total. The minimum absolute atomic E-state index is 0.591. The fourth-order valence-electron chi connectivity index (χ4n) is 2.31. The Morgan fingerprint density at radius 2 is 2.07 bits per heavy atom. The van der Waals surface area contributed by atoms with Gasteiger partial charge in [0, 0.05) is 11.3 Å². The van der Waals surface area contributed by atoms with E-state index in [-0.39, 0.29) is 0 Å². The first kappa shape index (κ1) is 11.1. The summed E-state index contributed by atoms with van der Waals surface area (Å²) in [5.41, 5.74) is -0.831. The van der Waals surface area contributed by atoms with Crippen LogP contribution in [0.15, 0.2) is 17.5 Å². The van der Waals surface area contributed by atoms with Crippen LogP contribution in [0, 0.1) is 0 Å². The second-order valence-corrected chi connectivity index (χ2v) is 5.50. The van der Waals surface area contributed by atoms with E-state index in [0.717, 1.165) is 30.6 Å². The second-order valence-electron chi connectivity index (χ2n) is 4.46. The van der Waals surface area contributed by atoms with Crippen LogP contribution in [-0.2, 0) is 6.42 Å². The predicted octanol–water partition coefficient (Wildman–Crippen LogP) is 2.35. The lowest BCUT2D eigenvalue weighted by molar-refractivity contribution is -0.0957. The lowest BCUT2D eigenvalue weighted by Gasteiger charge is -2.36. The van der Waals surface area contributed by atoms with Crippen molar-refractivity contribution in [2.75, 3.05) is 0 Å². The summed E-state index contributed by atoms with van der Waals surface area (Å²) in [4.78, 5) is 1.15. The van der Waals surface area contributed by atoms with Crippen LogP contribution in [0.1, 0.15) is 37.0 Å². The molecular formula is C12H18O2S. The molecule has 0 spiro atoms. The minimum atomic E-state index is -0.831. The molecule has 2 N–H and O–H groups in total. The summed E-state index contributed by atoms with van der Waals surface area (Å²) in [6, 6.07) is 4.00. The topological polar surface area (TPSA) is 40.5 Å². The second kappa shape index (κ2) is 4.64. The number of thiophene rings is 1. The highest BCUT2D eigenvalue weighted by atomic mass is 32.1. The summed E-state index contributed by atoms with van der Waals surface area (Å²) in [6.07, 6.45) is 4.76. The highest BCUT2D eigenvalue weighted by Crippen LogP contribution is 2.32. The Labute approximate surface area is 94.6 Å². The van der Waals surface area contributed by atoms with E-state index < -0.39 is 11.7 Å². The van der Waals surface area contributed by atoms with E-state index >= 15 is 0 Å². The van der Waals surface area contributed by atoms with E-state index in [2.05, 4.69) is 0 Å². The third kappa shape index (κ3) is 2.60. The molecule has 1 atom stereocenters. The van der Waals surface area contributed by atoms with Crippen molar-refractivity contribution in [3.8, 4) is 0 Å². The molecule has 1 aliphatic rings. The third-order valence-corrected chi connectivity index (χ3v) is 4.21. The Morgan fingerprint density at radius 1 is 1.33 bits per heavy atom. The van der Waals surface area contributed by atoms with Crippen molar-refractivity contribution in [1.82, 2.24) is 0 Å². The Bertz CT molecular complexity index is 289. The van der Waals surface area contributed by atoms with Gasteiger partial charge in [-0.1, -0.05) is 25.3 Å². The molecule has 84 valence electrons. The standard InChI is InChI=1S/C12H18O2S/c13-11(9-10-5-4-8-15-10)12(14)6-2-1-3-7-12/h4-5,8,11,13-14H,1-3,6-7,9H2. The Morgan fingerprint density at radius 3 is 2.67 bits per heavy atom. The number of aliphatic hydroxyl groups is 2. The van der Waals surface area contributed by atoms with Crippen molar-refractivity contribution >= 4 is 11.3 Å². The summed E-state index contributed by atoms with van der Waals surface area (Å²) in [5.74, 6) is 0. The summed E-state index contributed by atoms with van der Waals surface area (Å²) in [7, 11) is 0. The van der Waals surface area contributed by atoms with Crippen LogP contribution in [-0.4, -0.2) is 21.9 Å². The SMILES string of the molecule is OC(Cc1cccs1)C1(O)CCCCC1. The van der Waals surface area contributed by atoms with Gasteiger partial charge in [-0.2, -0.15) is 0 Å². The lowest BCUT2D eigenvalue weighted by atomic mass is 9.79. The van der Waals surface area contributed by atoms with Gasteiger partial charge < -0.3 is 10.2 Å². The molecule has 1 fully saturated rings. The summed E-state index contributed by atoms with van der Waals surface area (Å²) < 4.78 is 0. The molecule has 2 rings (SSSR count). The van der Waals surface area contributed by atoms with Crippen LogP contribution in [0.25, 0.3) is 0 Å². The van der Waals surface area contributed by atoms with Crippen LogP contribution in [0.2, 0.25) is 0 Å². The predicted molar refractivity (Wildman–Crippen MR) is 62.1 cm³/mol. The maximum absolute atomic E-state index is 10.3. The van der Waals surface area contributed by atoms with Gasteiger partial charge in [-0.15, -0.1) is 11.3 Å². The smallest absolute Gasteiger partial charge is 0.0909 e. The molecule has 0 saturated heterocycles. The monoisotopic (exact) mass is 226 g/mol. The van der Waals surface area contributed by atoms with Gasteiger partial charge in [0.15, 0.2) is 0 Å². The fraction of sp³-hybridized carbons (Fsp3) is 0.667. The normalized spacial score (nSPS) is 22.5. The first-order valence-electron chi connectivity index (χ1n) is 5.63. The Hall–Kier alpha value is -0.380. The van der Waals surface area contributed by atoms with E-state index in [1.165, 1.54) is 6.42 Å². The molecule has 0 bridgehead atoms. The molecule has 0 aromatic carbocycles. The van der Waals surface area contributed by atoms with Gasteiger partial charge in [-0.05, 0) is 24.3 Å². The van der Waals surface area contributed by atoms with Crippen molar-refractivity contribution in [2.45, 2.75) is 50.2 Å². The quantitative estimate of drug-likeness (QED) is 0.830. The molecule has 1 aromatic heterocycles. The molecule has 1 aromatic rings. The van der Waals surface area contributed by atoms with Gasteiger partial charge in [-0.25, -0.2) is 0 Å². The average Bonchev–Trinajstić information content (AvgIpc) is 2.71. The van der Waals surface area contributed by atoms with Crippen LogP contribution < -0.4 is 0 Å². The molecule has 1 heterocycles. The molecular weight excluding hydrogens is 208 g/mol. The summed E-state index contributed by atoms with van der Waals surface area (Å²) in [6.45, 7) is 0. The minimum Gasteiger partial charge on any atom is -0.390 e. The van der Waals surface area contributed by atoms with Crippen molar-refractivity contribution in [1.29, 1.82) is 0 Å². The maximum Gasteiger partial charge on any atom is 0.0909 e. The maximum atomic E-state index is 10.3. The van der Waals surface area contributed by atoms with Crippen molar-refractivity contribution in [3.63, 3.8) is 0 Å². The van der Waals surface area contributed by atoms with E-state index in [0.29, 0.717) is 6.42 Å². The van der Waals surface area contributed by atoms with Gasteiger partial charge >= 0.3 is 0 Å². The highest BCUT2D eigenvalue weighted by molar-refractivity contribution is 7.09. The zero-order valence-electron chi connectivity index (χ0n) is 8.85. The molecule has 1 aliphatic carbocycles. The molecule has 0 radical (unpaired) electrons. The number of hydrogen-bond acceptors (Lipinski definition) is 3. The molecule has 1 unspecified atom stereocenters. The number of hydrogen-bond donors (Lipinski definition) is 2. The van der Waals surface area contributed by atoms with Gasteiger partial charge in [-0.3, -0.25) is 0 Å². The molecule has 3 heteroatoms. The van der Waals surface area contributed by atoms with Gasteiger partial charge in [0.25, 0.3) is 0 Å². The highest BCUT2D eigenvalue weighted by Gasteiger charge is 2.36. The Kier molecular flexibility index (Phi) is 3.44. The first-order chi connectivity index (χ1) is 7.21. The first-order valence-corrected chi connectivity index (χ1v) is 6.51. The van der Waals surface area contributed by atoms with Crippen LogP contribution >= 0.6 is 11.3 Å². The van der Waals surface area contributed by atoms with Crippen molar-refractivity contribution < 1.29 is 10.2 Å². The lowest BCUT2D eigenvalue weighted by Crippen LogP contribution is -2.44. The molecule has 15 heavy (non-hydrogen) atoms. The number of aliphatic hydroxyl groups excluding tert-OH is 1. The summed E-state index contributed by atoms with van der Waals surface area (Å²) >= 11 is 1.64. The van der Waals surface area contributed by atoms with E-state index in [1.807, 2.05) is 17.5 Å². The van der Waals surface area contributed by atoms with Crippen LogP contribution in [0.4, 0.5) is 0 Å². The van der Waals surface area contributed by atoms with Gasteiger partial charge in [0.1, 0.15) is 0 Å². The van der Waals surface area contributed by atoms with Crippen LogP contribution in [0.3, 0.4) is 0 Å². The zero-order chi connectivity index (χ0) is 10.7. The average molecular weight is 226 g/mol. The summed E-state index contributed by atoms with van der Waals surface area (Å²) in [5, 5.41) is 22.4. The molecule has 0 aliphatic heterocycles. The van der Waals surface area contributed by atoms with Crippen molar-refractivity contribution in [3.05, 3.63) is 22.4 Å². The van der Waals surface area contributed by atoms with E-state index in [4.69, 9.17) is 0 Å². The van der Waals surface area contributed by atoms with Crippen LogP contribution in [0.5, 0.6) is 0 Å². The fourth-order valence-corrected chi connectivity index (χ4v) is 3.05. The molecule has 1 saturated carbocycles. The van der Waals surface area contributed by atoms with Gasteiger partial charge in [0.2, 0.25) is 0 Å². The van der Waals surface area contributed by atoms with Gasteiger partial charge in [0.05, 0.1) is 11.7 Å². The Balaban J connectivity index is 1.97. The molecule has 0 amide bonds. The van der Waals surface area contributed by atoms with E-state index in [9.17, 15) is 10.2 Å². The van der Waals surface area contributed by atoms with E-state index in [1.54, 1.807) is 11.3 Å². The van der Waals surface area contributed by atoms with Crippen molar-refractivity contribution in [2.24, 2.45) is 0 Å². The zero-order valence-corrected chi connectivity index (χ0v) is 9.67. The largest absolute Gasteiger partial charge is 0.390 e. The third-order valence-electron chi connectivity index (χ3n) is 3.31.